The molecule has 22 heavy (non-hydrogen) atoms. The first-order valence-electron chi connectivity index (χ1n) is 7.53. The van der Waals surface area contributed by atoms with Crippen molar-refractivity contribution < 1.29 is 19.1 Å². The molecule has 0 aliphatic carbocycles. The number of likely N-dealkylation sites (tertiary alicyclic amines) is 1. The predicted octanol–water partition coefficient (Wildman–Crippen LogP) is 2.91. The second-order valence-corrected chi connectivity index (χ2v) is 5.05. The van der Waals surface area contributed by atoms with E-state index < -0.39 is 0 Å². The highest BCUT2D eigenvalue weighted by Gasteiger charge is 2.28. The fourth-order valence-corrected chi connectivity index (χ4v) is 2.40. The SMILES string of the molecule is CCOC(=O)C=CC1CCCN1C(=O)OCc1ccccc1. The predicted molar refractivity (Wildman–Crippen MR) is 82.1 cm³/mol. The summed E-state index contributed by atoms with van der Waals surface area (Å²) in [5.74, 6) is -0.382. The summed E-state index contributed by atoms with van der Waals surface area (Å²) in [6, 6.07) is 9.45. The van der Waals surface area contributed by atoms with Crippen LogP contribution in [0.3, 0.4) is 0 Å². The second-order valence-electron chi connectivity index (χ2n) is 5.05. The zero-order valence-electron chi connectivity index (χ0n) is 12.7. The van der Waals surface area contributed by atoms with Crippen molar-refractivity contribution in [2.24, 2.45) is 0 Å². The van der Waals surface area contributed by atoms with Gasteiger partial charge < -0.3 is 14.4 Å². The Kier molecular flexibility index (Phi) is 6.01. The Morgan fingerprint density at radius 2 is 2.05 bits per heavy atom. The van der Waals surface area contributed by atoms with E-state index in [4.69, 9.17) is 9.47 Å². The molecule has 1 unspecified atom stereocenters. The molecule has 5 heteroatoms. The summed E-state index contributed by atoms with van der Waals surface area (Å²) in [5, 5.41) is 0. The van der Waals surface area contributed by atoms with Gasteiger partial charge in [0.1, 0.15) is 6.61 Å². The Balaban J connectivity index is 1.86. The molecule has 0 radical (unpaired) electrons. The first-order valence-corrected chi connectivity index (χ1v) is 7.53. The van der Waals surface area contributed by atoms with Crippen molar-refractivity contribution in [1.82, 2.24) is 4.90 Å². The van der Waals surface area contributed by atoms with Gasteiger partial charge in [-0.2, -0.15) is 0 Å². The van der Waals surface area contributed by atoms with Crippen LogP contribution in [0.15, 0.2) is 42.5 Å². The van der Waals surface area contributed by atoms with Crippen LogP contribution < -0.4 is 0 Å². The fourth-order valence-electron chi connectivity index (χ4n) is 2.40. The Morgan fingerprint density at radius 3 is 2.77 bits per heavy atom. The van der Waals surface area contributed by atoms with E-state index in [0.29, 0.717) is 13.2 Å². The van der Waals surface area contributed by atoms with Crippen molar-refractivity contribution in [3.05, 3.63) is 48.0 Å². The Morgan fingerprint density at radius 1 is 1.27 bits per heavy atom. The lowest BCUT2D eigenvalue weighted by Gasteiger charge is -2.21. The molecule has 0 saturated carbocycles. The van der Waals surface area contributed by atoms with Crippen LogP contribution in [0.2, 0.25) is 0 Å². The molecule has 1 heterocycles. The molecule has 0 N–H and O–H groups in total. The summed E-state index contributed by atoms with van der Waals surface area (Å²) in [7, 11) is 0. The van der Waals surface area contributed by atoms with E-state index in [2.05, 4.69) is 0 Å². The number of hydrogen-bond acceptors (Lipinski definition) is 4. The van der Waals surface area contributed by atoms with Crippen molar-refractivity contribution in [2.75, 3.05) is 13.2 Å². The lowest BCUT2D eigenvalue weighted by Crippen LogP contribution is -2.34. The molecule has 118 valence electrons. The van der Waals surface area contributed by atoms with Crippen LogP contribution in [0.4, 0.5) is 4.79 Å². The Labute approximate surface area is 130 Å². The maximum Gasteiger partial charge on any atom is 0.410 e. The summed E-state index contributed by atoms with van der Waals surface area (Å²) in [5.41, 5.74) is 0.952. The van der Waals surface area contributed by atoms with Crippen LogP contribution in [0, 0.1) is 0 Å². The first kappa shape index (κ1) is 16.1. The van der Waals surface area contributed by atoms with Gasteiger partial charge in [-0.15, -0.1) is 0 Å². The van der Waals surface area contributed by atoms with E-state index in [1.165, 1.54) is 6.08 Å². The molecule has 1 aromatic rings. The number of benzene rings is 1. The second kappa shape index (κ2) is 8.22. The molecular formula is C17H21NO4. The topological polar surface area (TPSA) is 55.8 Å². The van der Waals surface area contributed by atoms with Gasteiger partial charge in [-0.05, 0) is 25.3 Å². The molecule has 5 nitrogen and oxygen atoms in total. The van der Waals surface area contributed by atoms with E-state index in [1.54, 1.807) is 17.9 Å². The van der Waals surface area contributed by atoms with Gasteiger partial charge in [-0.1, -0.05) is 36.4 Å². The van der Waals surface area contributed by atoms with Gasteiger partial charge in [0.05, 0.1) is 12.6 Å². The first-order chi connectivity index (χ1) is 10.7. The number of carbonyl (C=O) groups excluding carboxylic acids is 2. The van der Waals surface area contributed by atoms with Crippen LogP contribution in [-0.2, 0) is 20.9 Å². The molecular weight excluding hydrogens is 282 g/mol. The molecule has 1 amide bonds. The molecule has 2 rings (SSSR count). The van der Waals surface area contributed by atoms with Crippen molar-refractivity contribution in [3.8, 4) is 0 Å². The van der Waals surface area contributed by atoms with Gasteiger partial charge in [-0.3, -0.25) is 0 Å². The third-order valence-electron chi connectivity index (χ3n) is 3.48. The lowest BCUT2D eigenvalue weighted by molar-refractivity contribution is -0.137. The van der Waals surface area contributed by atoms with Crippen molar-refractivity contribution >= 4 is 12.1 Å². The van der Waals surface area contributed by atoms with E-state index in [-0.39, 0.29) is 24.7 Å². The van der Waals surface area contributed by atoms with Gasteiger partial charge in [0.15, 0.2) is 0 Å². The van der Waals surface area contributed by atoms with Gasteiger partial charge in [0.2, 0.25) is 0 Å². The fraction of sp³-hybridized carbons (Fsp3) is 0.412. The quantitative estimate of drug-likeness (QED) is 0.620. The molecule has 1 fully saturated rings. The standard InChI is InChI=1S/C17H21NO4/c1-2-21-16(19)11-10-15-9-6-12-18(15)17(20)22-13-14-7-4-3-5-8-14/h3-5,7-8,10-11,15H,2,6,9,12-13H2,1H3. The van der Waals surface area contributed by atoms with Crippen LogP contribution in [-0.4, -0.2) is 36.2 Å². The minimum Gasteiger partial charge on any atom is -0.463 e. The highest BCUT2D eigenvalue weighted by atomic mass is 16.6. The van der Waals surface area contributed by atoms with Crippen LogP contribution in [0.5, 0.6) is 0 Å². The van der Waals surface area contributed by atoms with E-state index >= 15 is 0 Å². The summed E-state index contributed by atoms with van der Waals surface area (Å²) in [4.78, 5) is 25.1. The van der Waals surface area contributed by atoms with Crippen LogP contribution >= 0.6 is 0 Å². The summed E-state index contributed by atoms with van der Waals surface area (Å²) in [6.45, 7) is 3.00. The van der Waals surface area contributed by atoms with Gasteiger partial charge >= 0.3 is 12.1 Å². The van der Waals surface area contributed by atoms with E-state index in [1.807, 2.05) is 30.3 Å². The largest absolute Gasteiger partial charge is 0.463 e. The van der Waals surface area contributed by atoms with Crippen LogP contribution in [0.1, 0.15) is 25.3 Å². The zero-order valence-corrected chi connectivity index (χ0v) is 12.7. The molecule has 1 aromatic carbocycles. The number of hydrogen-bond donors (Lipinski definition) is 0. The summed E-state index contributed by atoms with van der Waals surface area (Å²) < 4.78 is 10.2. The van der Waals surface area contributed by atoms with Gasteiger partial charge in [0, 0.05) is 12.6 Å². The Bertz CT molecular complexity index is 527. The summed E-state index contributed by atoms with van der Waals surface area (Å²) >= 11 is 0. The minimum absolute atomic E-state index is 0.104. The maximum absolute atomic E-state index is 12.2. The van der Waals surface area contributed by atoms with Crippen molar-refractivity contribution in [1.29, 1.82) is 0 Å². The average Bonchev–Trinajstić information content (AvgIpc) is 3.00. The number of nitrogens with zero attached hydrogens (tertiary/aromatic N) is 1. The van der Waals surface area contributed by atoms with E-state index in [9.17, 15) is 9.59 Å². The molecule has 1 atom stereocenters. The van der Waals surface area contributed by atoms with Gasteiger partial charge in [-0.25, -0.2) is 9.59 Å². The summed E-state index contributed by atoms with van der Waals surface area (Å²) in [6.07, 6.45) is 4.49. The van der Waals surface area contributed by atoms with Gasteiger partial charge in [0.25, 0.3) is 0 Å². The highest BCUT2D eigenvalue weighted by molar-refractivity contribution is 5.82. The molecule has 0 bridgehead atoms. The maximum atomic E-state index is 12.2. The van der Waals surface area contributed by atoms with Crippen molar-refractivity contribution in [2.45, 2.75) is 32.4 Å². The molecule has 0 spiro atoms. The normalized spacial score (nSPS) is 17.7. The third kappa shape index (κ3) is 4.62. The number of rotatable bonds is 5. The molecule has 1 aliphatic rings. The molecule has 1 saturated heterocycles. The Hall–Kier alpha value is -2.30. The number of esters is 1. The molecule has 0 aromatic heterocycles. The number of amides is 1. The van der Waals surface area contributed by atoms with Crippen molar-refractivity contribution in [3.63, 3.8) is 0 Å². The zero-order chi connectivity index (χ0) is 15.8. The third-order valence-corrected chi connectivity index (χ3v) is 3.48. The smallest absolute Gasteiger partial charge is 0.410 e. The highest BCUT2D eigenvalue weighted by Crippen LogP contribution is 2.20. The van der Waals surface area contributed by atoms with E-state index in [0.717, 1.165) is 18.4 Å². The average molecular weight is 303 g/mol. The lowest BCUT2D eigenvalue weighted by atomic mass is 10.2. The van der Waals surface area contributed by atoms with Crippen LogP contribution in [0.25, 0.3) is 0 Å². The minimum atomic E-state index is -0.382. The molecule has 1 aliphatic heterocycles. The number of ether oxygens (including phenoxy) is 2. The number of carbonyl (C=O) groups is 2. The monoisotopic (exact) mass is 303 g/mol.